The molecule has 25 heavy (non-hydrogen) atoms. The van der Waals surface area contributed by atoms with Gasteiger partial charge in [-0.15, -0.1) is 0 Å². The van der Waals surface area contributed by atoms with Gasteiger partial charge in [0.05, 0.1) is 0 Å². The van der Waals surface area contributed by atoms with Gasteiger partial charge in [0.1, 0.15) is 12.0 Å². The van der Waals surface area contributed by atoms with Crippen LogP contribution in [0.15, 0.2) is 59.6 Å². The van der Waals surface area contributed by atoms with Crippen molar-refractivity contribution < 1.29 is 5.11 Å². The molecule has 2 aromatic rings. The molecule has 2 aliphatic heterocycles. The molecule has 0 aliphatic carbocycles. The summed E-state index contributed by atoms with van der Waals surface area (Å²) in [7, 11) is 0. The van der Waals surface area contributed by atoms with Crippen LogP contribution in [0.4, 0.5) is 5.69 Å². The van der Waals surface area contributed by atoms with E-state index in [1.165, 1.54) is 19.3 Å². The van der Waals surface area contributed by atoms with Crippen molar-refractivity contribution in [3.8, 4) is 0 Å². The van der Waals surface area contributed by atoms with Crippen LogP contribution in [0, 0.1) is 0 Å². The first-order valence-electron chi connectivity index (χ1n) is 8.84. The van der Waals surface area contributed by atoms with Gasteiger partial charge >= 0.3 is 0 Å². The van der Waals surface area contributed by atoms with Crippen LogP contribution in [-0.4, -0.2) is 41.3 Å². The third-order valence-corrected chi connectivity index (χ3v) is 5.17. The van der Waals surface area contributed by atoms with Crippen molar-refractivity contribution >= 4 is 23.1 Å². The number of anilines is 1. The Hall–Kier alpha value is -1.88. The summed E-state index contributed by atoms with van der Waals surface area (Å²) in [6.07, 6.45) is 2.66. The fraction of sp³-hybridized carbons (Fsp3) is 0.350. The Balaban J connectivity index is 1.72. The van der Waals surface area contributed by atoms with E-state index in [0.29, 0.717) is 5.02 Å². The number of aliphatic imine (C=N–C) groups is 1. The average molecular weight is 356 g/mol. The summed E-state index contributed by atoms with van der Waals surface area (Å²) in [5, 5.41) is 11.8. The van der Waals surface area contributed by atoms with E-state index < -0.39 is 6.23 Å². The lowest BCUT2D eigenvalue weighted by atomic mass is 10.1. The molecule has 2 aromatic carbocycles. The van der Waals surface area contributed by atoms with Gasteiger partial charge in [-0.2, -0.15) is 0 Å². The van der Waals surface area contributed by atoms with Gasteiger partial charge in [-0.1, -0.05) is 48.4 Å². The number of likely N-dealkylation sites (tertiary alicyclic amines) is 1. The zero-order valence-corrected chi connectivity index (χ0v) is 14.8. The summed E-state index contributed by atoms with van der Waals surface area (Å²) < 4.78 is 0. The van der Waals surface area contributed by atoms with Crippen molar-refractivity contribution in [2.45, 2.75) is 31.7 Å². The van der Waals surface area contributed by atoms with Crippen LogP contribution in [0.1, 0.15) is 24.8 Å². The maximum absolute atomic E-state index is 11.1. The van der Waals surface area contributed by atoms with Crippen LogP contribution < -0.4 is 4.90 Å². The van der Waals surface area contributed by atoms with E-state index >= 15 is 0 Å². The first-order valence-corrected chi connectivity index (χ1v) is 9.22. The molecule has 0 bridgehead atoms. The molecule has 2 aliphatic rings. The van der Waals surface area contributed by atoms with Crippen molar-refractivity contribution in [1.82, 2.24) is 4.90 Å². The Morgan fingerprint density at radius 3 is 2.28 bits per heavy atom. The first-order chi connectivity index (χ1) is 12.2. The summed E-state index contributed by atoms with van der Waals surface area (Å²) in [4.78, 5) is 9.15. The standard InChI is InChI=1S/C20H22ClN3O/c21-16-9-11-17(12-10-16)24-18(15-7-3-1-4-8-15)22-19(20(24)25)23-13-5-2-6-14-23/h1,3-4,7-12,19-20,25H,2,5-6,13-14H2/t19-,20-/m0/s1. The Labute approximate surface area is 153 Å². The Morgan fingerprint density at radius 1 is 0.920 bits per heavy atom. The van der Waals surface area contributed by atoms with E-state index in [4.69, 9.17) is 16.6 Å². The van der Waals surface area contributed by atoms with Gasteiger partial charge in [0, 0.05) is 29.4 Å². The molecule has 1 fully saturated rings. The van der Waals surface area contributed by atoms with Crippen LogP contribution in [0.2, 0.25) is 5.02 Å². The smallest absolute Gasteiger partial charge is 0.168 e. The molecule has 0 aromatic heterocycles. The average Bonchev–Trinajstić information content (AvgIpc) is 3.01. The first kappa shape index (κ1) is 16.6. The van der Waals surface area contributed by atoms with Gasteiger partial charge in [0.15, 0.2) is 6.23 Å². The molecule has 2 atom stereocenters. The van der Waals surface area contributed by atoms with Gasteiger partial charge in [0.2, 0.25) is 0 Å². The molecule has 4 nitrogen and oxygen atoms in total. The second-order valence-electron chi connectivity index (χ2n) is 6.59. The number of halogens is 1. The highest BCUT2D eigenvalue weighted by atomic mass is 35.5. The largest absolute Gasteiger partial charge is 0.370 e. The lowest BCUT2D eigenvalue weighted by molar-refractivity contribution is 0.0576. The number of piperidine rings is 1. The SMILES string of the molecule is O[C@H]1[C@H](N2CCCCC2)N=C(c2ccccc2)N1c1ccc(Cl)cc1. The molecule has 4 rings (SSSR count). The molecule has 0 spiro atoms. The lowest BCUT2D eigenvalue weighted by Crippen LogP contribution is -2.48. The minimum Gasteiger partial charge on any atom is -0.370 e. The Kier molecular flexibility index (Phi) is 4.75. The zero-order chi connectivity index (χ0) is 17.2. The number of hydrogen-bond acceptors (Lipinski definition) is 4. The number of benzene rings is 2. The minimum atomic E-state index is -0.700. The van der Waals surface area contributed by atoms with Crippen molar-refractivity contribution in [2.75, 3.05) is 18.0 Å². The third-order valence-electron chi connectivity index (χ3n) is 4.92. The van der Waals surface area contributed by atoms with E-state index in [2.05, 4.69) is 4.90 Å². The van der Waals surface area contributed by atoms with Crippen LogP contribution in [0.3, 0.4) is 0 Å². The third kappa shape index (κ3) is 3.30. The van der Waals surface area contributed by atoms with E-state index in [1.54, 1.807) is 0 Å². The van der Waals surface area contributed by atoms with Crippen LogP contribution in [-0.2, 0) is 0 Å². The highest BCUT2D eigenvalue weighted by Gasteiger charge is 2.39. The maximum Gasteiger partial charge on any atom is 0.168 e. The summed E-state index contributed by atoms with van der Waals surface area (Å²) in [6.45, 7) is 1.98. The normalized spacial score (nSPS) is 24.4. The van der Waals surface area contributed by atoms with Crippen molar-refractivity contribution in [2.24, 2.45) is 4.99 Å². The van der Waals surface area contributed by atoms with E-state index in [-0.39, 0.29) is 6.17 Å². The summed E-state index contributed by atoms with van der Waals surface area (Å²) in [6, 6.07) is 17.6. The number of rotatable bonds is 3. The van der Waals surface area contributed by atoms with Gasteiger partial charge in [-0.3, -0.25) is 9.80 Å². The molecular weight excluding hydrogens is 334 g/mol. The molecule has 130 valence electrons. The number of aliphatic hydroxyl groups is 1. The summed E-state index contributed by atoms with van der Waals surface area (Å²) >= 11 is 6.04. The highest BCUT2D eigenvalue weighted by Crippen LogP contribution is 2.31. The fourth-order valence-electron chi connectivity index (χ4n) is 3.64. The molecule has 1 saturated heterocycles. The predicted molar refractivity (Wildman–Crippen MR) is 102 cm³/mol. The minimum absolute atomic E-state index is 0.230. The topological polar surface area (TPSA) is 39.1 Å². The molecule has 2 heterocycles. The molecule has 5 heteroatoms. The highest BCUT2D eigenvalue weighted by molar-refractivity contribution is 6.30. The number of nitrogens with zero attached hydrogens (tertiary/aromatic N) is 3. The predicted octanol–water partition coefficient (Wildman–Crippen LogP) is 3.74. The monoisotopic (exact) mass is 355 g/mol. The number of aliphatic hydroxyl groups excluding tert-OH is 1. The fourth-order valence-corrected chi connectivity index (χ4v) is 3.77. The van der Waals surface area contributed by atoms with E-state index in [1.807, 2.05) is 59.5 Å². The lowest BCUT2D eigenvalue weighted by Gasteiger charge is -2.34. The van der Waals surface area contributed by atoms with Gasteiger partial charge in [0.25, 0.3) is 0 Å². The van der Waals surface area contributed by atoms with Crippen LogP contribution >= 0.6 is 11.6 Å². The number of amidine groups is 1. The Morgan fingerprint density at radius 2 is 1.60 bits per heavy atom. The summed E-state index contributed by atoms with van der Waals surface area (Å²) in [5.41, 5.74) is 1.91. The second kappa shape index (κ2) is 7.16. The Bertz CT molecular complexity index is 741. The maximum atomic E-state index is 11.1. The number of hydrogen-bond donors (Lipinski definition) is 1. The van der Waals surface area contributed by atoms with E-state index in [9.17, 15) is 5.11 Å². The van der Waals surface area contributed by atoms with Gasteiger partial charge < -0.3 is 5.11 Å². The van der Waals surface area contributed by atoms with Gasteiger partial charge in [-0.05, 0) is 37.1 Å². The van der Waals surface area contributed by atoms with Gasteiger partial charge in [-0.25, -0.2) is 4.99 Å². The molecule has 0 radical (unpaired) electrons. The molecular formula is C20H22ClN3O. The zero-order valence-electron chi connectivity index (χ0n) is 14.1. The molecule has 1 N–H and O–H groups in total. The molecule has 0 saturated carbocycles. The second-order valence-corrected chi connectivity index (χ2v) is 7.03. The van der Waals surface area contributed by atoms with Crippen molar-refractivity contribution in [3.63, 3.8) is 0 Å². The quantitative estimate of drug-likeness (QED) is 0.911. The van der Waals surface area contributed by atoms with Crippen molar-refractivity contribution in [1.29, 1.82) is 0 Å². The van der Waals surface area contributed by atoms with Crippen molar-refractivity contribution in [3.05, 3.63) is 65.2 Å². The van der Waals surface area contributed by atoms with Crippen LogP contribution in [0.25, 0.3) is 0 Å². The molecule has 0 amide bonds. The van der Waals surface area contributed by atoms with E-state index in [0.717, 1.165) is 30.2 Å². The van der Waals surface area contributed by atoms with Crippen LogP contribution in [0.5, 0.6) is 0 Å². The molecule has 0 unspecified atom stereocenters. The summed E-state index contributed by atoms with van der Waals surface area (Å²) in [5.74, 6) is 0.811.